The number of benzene rings is 1. The molecule has 0 radical (unpaired) electrons. The number of fused-ring (bicyclic) bond motifs is 1. The molecule has 2 aromatic rings. The molecule has 1 aromatic carbocycles. The summed E-state index contributed by atoms with van der Waals surface area (Å²) in [5.41, 5.74) is 2.54. The quantitative estimate of drug-likeness (QED) is 0.482. The minimum atomic E-state index is -1.07. The fourth-order valence-electron chi connectivity index (χ4n) is 3.30. The van der Waals surface area contributed by atoms with Crippen molar-refractivity contribution in [3.8, 4) is 0 Å². The molecular weight excluding hydrogens is 375 g/mol. The van der Waals surface area contributed by atoms with E-state index in [4.69, 9.17) is 5.11 Å². The van der Waals surface area contributed by atoms with Crippen molar-refractivity contribution in [3.05, 3.63) is 59.0 Å². The molecule has 1 aromatic heterocycles. The standard InChI is InChI=1S/C21H25FN4O3/c22-16-5-1-3-15(11-16)18(12-20(28)29)26-19(27)8-10-23-13-17-7-6-14-4-2-9-24-21(14)25-17/h1,3,5-7,11,18,23H,2,4,8-10,12-13H2,(H,24,25)(H,26,27)(H,28,29)/t18-/m0/s1. The van der Waals surface area contributed by atoms with E-state index in [1.165, 1.54) is 23.8 Å². The molecule has 8 heteroatoms. The average molecular weight is 400 g/mol. The number of aliphatic carboxylic acids is 1. The third kappa shape index (κ3) is 6.25. The van der Waals surface area contributed by atoms with Crippen molar-refractivity contribution in [2.24, 2.45) is 0 Å². The van der Waals surface area contributed by atoms with Gasteiger partial charge in [0.25, 0.3) is 0 Å². The van der Waals surface area contributed by atoms with Crippen LogP contribution in [0.25, 0.3) is 0 Å². The number of aromatic nitrogens is 1. The SMILES string of the molecule is O=C(O)C[C@H](NC(=O)CCNCc1ccc2c(n1)NCCC2)c1cccc(F)c1. The topological polar surface area (TPSA) is 103 Å². The number of carboxylic acid groups (broad SMARTS) is 1. The van der Waals surface area contributed by atoms with E-state index in [-0.39, 0.29) is 18.7 Å². The number of nitrogens with zero attached hydrogens (tertiary/aromatic N) is 1. The molecule has 0 saturated carbocycles. The first kappa shape index (κ1) is 20.7. The second-order valence-corrected chi connectivity index (χ2v) is 7.04. The zero-order valence-electron chi connectivity index (χ0n) is 16.1. The first-order valence-electron chi connectivity index (χ1n) is 9.71. The van der Waals surface area contributed by atoms with Gasteiger partial charge in [0.1, 0.15) is 11.6 Å². The number of nitrogens with one attached hydrogen (secondary N) is 3. The molecular formula is C21H25FN4O3. The van der Waals surface area contributed by atoms with Crippen molar-refractivity contribution in [2.45, 2.75) is 38.3 Å². The number of pyridine rings is 1. The maximum absolute atomic E-state index is 13.4. The molecule has 7 nitrogen and oxygen atoms in total. The predicted molar refractivity (Wildman–Crippen MR) is 107 cm³/mol. The molecule has 3 rings (SSSR count). The fraction of sp³-hybridized carbons (Fsp3) is 0.381. The number of anilines is 1. The lowest BCUT2D eigenvalue weighted by atomic mass is 10.0. The molecule has 0 unspecified atom stereocenters. The van der Waals surface area contributed by atoms with Crippen LogP contribution in [0.15, 0.2) is 36.4 Å². The molecule has 0 fully saturated rings. The van der Waals surface area contributed by atoms with Gasteiger partial charge < -0.3 is 21.1 Å². The van der Waals surface area contributed by atoms with E-state index in [0.29, 0.717) is 18.7 Å². The first-order valence-corrected chi connectivity index (χ1v) is 9.71. The molecule has 1 amide bonds. The first-order chi connectivity index (χ1) is 14.0. The summed E-state index contributed by atoms with van der Waals surface area (Å²) in [5, 5.41) is 18.2. The Morgan fingerprint density at radius 2 is 2.14 bits per heavy atom. The number of carboxylic acids is 1. The van der Waals surface area contributed by atoms with Gasteiger partial charge in [0.15, 0.2) is 0 Å². The predicted octanol–water partition coefficient (Wildman–Crippen LogP) is 2.39. The van der Waals surface area contributed by atoms with E-state index >= 15 is 0 Å². The molecule has 1 atom stereocenters. The summed E-state index contributed by atoms with van der Waals surface area (Å²) in [5.74, 6) is -0.904. The summed E-state index contributed by atoms with van der Waals surface area (Å²) >= 11 is 0. The Balaban J connectivity index is 1.47. The summed E-state index contributed by atoms with van der Waals surface area (Å²) in [4.78, 5) is 27.9. The number of rotatable bonds is 9. The van der Waals surface area contributed by atoms with Gasteiger partial charge in [0.05, 0.1) is 18.2 Å². The van der Waals surface area contributed by atoms with E-state index < -0.39 is 17.8 Å². The van der Waals surface area contributed by atoms with Gasteiger partial charge in [-0.15, -0.1) is 0 Å². The molecule has 0 aliphatic carbocycles. The Kier molecular flexibility index (Phi) is 7.13. The summed E-state index contributed by atoms with van der Waals surface area (Å²) in [6, 6.07) is 8.89. The maximum Gasteiger partial charge on any atom is 0.305 e. The lowest BCUT2D eigenvalue weighted by Crippen LogP contribution is -2.32. The lowest BCUT2D eigenvalue weighted by molar-refractivity contribution is -0.137. The zero-order valence-corrected chi connectivity index (χ0v) is 16.1. The van der Waals surface area contributed by atoms with Crippen LogP contribution >= 0.6 is 0 Å². The van der Waals surface area contributed by atoms with Crippen LogP contribution in [0.1, 0.15) is 42.1 Å². The normalized spacial score (nSPS) is 13.8. The molecule has 0 saturated heterocycles. The van der Waals surface area contributed by atoms with Crippen molar-refractivity contribution in [1.82, 2.24) is 15.6 Å². The van der Waals surface area contributed by atoms with Gasteiger partial charge >= 0.3 is 5.97 Å². The third-order valence-electron chi connectivity index (χ3n) is 4.75. The van der Waals surface area contributed by atoms with Gasteiger partial charge in [-0.3, -0.25) is 9.59 Å². The third-order valence-corrected chi connectivity index (χ3v) is 4.75. The van der Waals surface area contributed by atoms with Crippen LogP contribution in [0.4, 0.5) is 10.2 Å². The number of hydrogen-bond donors (Lipinski definition) is 4. The van der Waals surface area contributed by atoms with Crippen LogP contribution in [0.5, 0.6) is 0 Å². The van der Waals surface area contributed by atoms with Crippen LogP contribution in [-0.2, 0) is 22.6 Å². The van der Waals surface area contributed by atoms with Crippen LogP contribution in [-0.4, -0.2) is 35.1 Å². The van der Waals surface area contributed by atoms with Crippen molar-refractivity contribution >= 4 is 17.7 Å². The monoisotopic (exact) mass is 400 g/mol. The van der Waals surface area contributed by atoms with Gasteiger partial charge in [0, 0.05) is 26.1 Å². The van der Waals surface area contributed by atoms with Gasteiger partial charge in [-0.05, 0) is 42.2 Å². The van der Waals surface area contributed by atoms with Crippen molar-refractivity contribution in [3.63, 3.8) is 0 Å². The van der Waals surface area contributed by atoms with Crippen LogP contribution in [0.2, 0.25) is 0 Å². The number of halogens is 1. The van der Waals surface area contributed by atoms with Crippen LogP contribution in [0.3, 0.4) is 0 Å². The summed E-state index contributed by atoms with van der Waals surface area (Å²) in [7, 11) is 0. The Labute approximate surface area is 168 Å². The van der Waals surface area contributed by atoms with Crippen molar-refractivity contribution in [2.75, 3.05) is 18.4 Å². The molecule has 0 spiro atoms. The number of hydrogen-bond acceptors (Lipinski definition) is 5. The maximum atomic E-state index is 13.4. The Morgan fingerprint density at radius 1 is 1.28 bits per heavy atom. The second-order valence-electron chi connectivity index (χ2n) is 7.04. The number of aryl methyl sites for hydroxylation is 1. The number of carbonyl (C=O) groups excluding carboxylic acids is 1. The highest BCUT2D eigenvalue weighted by Crippen LogP contribution is 2.20. The largest absolute Gasteiger partial charge is 0.481 e. The molecule has 0 bridgehead atoms. The Morgan fingerprint density at radius 3 is 2.93 bits per heavy atom. The second kappa shape index (κ2) is 9.97. The molecule has 1 aliphatic rings. The van der Waals surface area contributed by atoms with Gasteiger partial charge in [-0.25, -0.2) is 9.37 Å². The van der Waals surface area contributed by atoms with Gasteiger partial charge in [0.2, 0.25) is 5.91 Å². The van der Waals surface area contributed by atoms with Crippen LogP contribution in [0, 0.1) is 5.82 Å². The summed E-state index contributed by atoms with van der Waals surface area (Å²) < 4.78 is 13.4. The summed E-state index contributed by atoms with van der Waals surface area (Å²) in [6.07, 6.45) is 2.01. The molecule has 29 heavy (non-hydrogen) atoms. The van der Waals surface area contributed by atoms with E-state index in [9.17, 15) is 14.0 Å². The van der Waals surface area contributed by atoms with E-state index in [1.54, 1.807) is 6.07 Å². The van der Waals surface area contributed by atoms with E-state index in [0.717, 1.165) is 30.9 Å². The highest BCUT2D eigenvalue weighted by Gasteiger charge is 2.18. The fourth-order valence-corrected chi connectivity index (χ4v) is 3.30. The number of carbonyl (C=O) groups is 2. The molecule has 154 valence electrons. The summed E-state index contributed by atoms with van der Waals surface area (Å²) in [6.45, 7) is 1.88. The van der Waals surface area contributed by atoms with E-state index in [1.807, 2.05) is 6.07 Å². The Hall–Kier alpha value is -3.00. The highest BCUT2D eigenvalue weighted by molar-refractivity contribution is 5.78. The van der Waals surface area contributed by atoms with Crippen molar-refractivity contribution in [1.29, 1.82) is 0 Å². The van der Waals surface area contributed by atoms with E-state index in [2.05, 4.69) is 27.0 Å². The van der Waals surface area contributed by atoms with Gasteiger partial charge in [-0.2, -0.15) is 0 Å². The number of amides is 1. The molecule has 4 N–H and O–H groups in total. The Bertz CT molecular complexity index is 875. The van der Waals surface area contributed by atoms with Crippen molar-refractivity contribution < 1.29 is 19.1 Å². The zero-order chi connectivity index (χ0) is 20.6. The van der Waals surface area contributed by atoms with Crippen LogP contribution < -0.4 is 16.0 Å². The highest BCUT2D eigenvalue weighted by atomic mass is 19.1. The van der Waals surface area contributed by atoms with Gasteiger partial charge in [-0.1, -0.05) is 18.2 Å². The molecule has 2 heterocycles. The minimum absolute atomic E-state index is 0.175. The molecule has 1 aliphatic heterocycles. The lowest BCUT2D eigenvalue weighted by Gasteiger charge is -2.18. The average Bonchev–Trinajstić information content (AvgIpc) is 2.70. The smallest absolute Gasteiger partial charge is 0.305 e. The minimum Gasteiger partial charge on any atom is -0.481 e.